The van der Waals surface area contributed by atoms with Crippen molar-refractivity contribution in [2.75, 3.05) is 33.3 Å². The van der Waals surface area contributed by atoms with Gasteiger partial charge in [-0.25, -0.2) is 4.68 Å². The summed E-state index contributed by atoms with van der Waals surface area (Å²) >= 11 is 6.05. The molecule has 1 aliphatic rings. The molecule has 0 atom stereocenters. The number of amides is 2. The summed E-state index contributed by atoms with van der Waals surface area (Å²) in [7, 11) is 1.57. The number of carbonyl (C=O) groups is 2. The molecule has 0 aliphatic carbocycles. The number of hydrogen-bond acceptors (Lipinski definition) is 5. The third-order valence-corrected chi connectivity index (χ3v) is 4.59. The lowest BCUT2D eigenvalue weighted by molar-refractivity contribution is -0.138. The van der Waals surface area contributed by atoms with E-state index in [1.165, 1.54) is 4.68 Å². The highest BCUT2D eigenvalue weighted by atomic mass is 35.5. The van der Waals surface area contributed by atoms with Crippen LogP contribution in [0, 0.1) is 0 Å². The first-order valence-corrected chi connectivity index (χ1v) is 8.63. The fourth-order valence-electron chi connectivity index (χ4n) is 2.89. The van der Waals surface area contributed by atoms with E-state index in [1.807, 2.05) is 0 Å². The van der Waals surface area contributed by atoms with Gasteiger partial charge in [0.1, 0.15) is 18.0 Å². The first kappa shape index (κ1) is 18.2. The number of ether oxygens (including phenoxy) is 1. The Morgan fingerprint density at radius 1 is 1.19 bits per heavy atom. The number of halogens is 1. The van der Waals surface area contributed by atoms with Gasteiger partial charge < -0.3 is 14.5 Å². The van der Waals surface area contributed by atoms with Crippen LogP contribution in [0.25, 0.3) is 11.3 Å². The summed E-state index contributed by atoms with van der Waals surface area (Å²) in [6, 6.07) is 5.24. The number of methoxy groups -OCH3 is 1. The molecule has 2 amide bonds. The minimum Gasteiger partial charge on any atom is -0.496 e. The minimum absolute atomic E-state index is 0.0356. The van der Waals surface area contributed by atoms with Crippen molar-refractivity contribution in [1.29, 1.82) is 0 Å². The Balaban J connectivity index is 1.67. The van der Waals surface area contributed by atoms with Crippen molar-refractivity contribution in [3.8, 4) is 17.0 Å². The Morgan fingerprint density at radius 2 is 1.88 bits per heavy atom. The van der Waals surface area contributed by atoms with Gasteiger partial charge in [-0.15, -0.1) is 5.10 Å². The second-order valence-electron chi connectivity index (χ2n) is 6.03. The Kier molecular flexibility index (Phi) is 5.41. The molecule has 2 heterocycles. The molecule has 0 spiro atoms. The van der Waals surface area contributed by atoms with Crippen molar-refractivity contribution in [3.63, 3.8) is 0 Å². The number of aromatic nitrogens is 3. The molecule has 0 bridgehead atoms. The lowest BCUT2D eigenvalue weighted by Crippen LogP contribution is -2.50. The fourth-order valence-corrected chi connectivity index (χ4v) is 3.06. The lowest BCUT2D eigenvalue weighted by Gasteiger charge is -2.34. The highest BCUT2D eigenvalue weighted by molar-refractivity contribution is 6.30. The van der Waals surface area contributed by atoms with Crippen molar-refractivity contribution >= 4 is 23.4 Å². The molecular formula is C17H20ClN5O3. The molecule has 0 radical (unpaired) electrons. The minimum atomic E-state index is -0.0530. The van der Waals surface area contributed by atoms with Crippen LogP contribution in [0.5, 0.6) is 5.75 Å². The first-order valence-electron chi connectivity index (χ1n) is 8.25. The number of benzene rings is 1. The molecule has 1 aromatic carbocycles. The average molecular weight is 378 g/mol. The number of piperazine rings is 1. The summed E-state index contributed by atoms with van der Waals surface area (Å²) < 4.78 is 6.82. The maximum atomic E-state index is 12.5. The van der Waals surface area contributed by atoms with E-state index in [1.54, 1.807) is 48.2 Å². The Labute approximate surface area is 156 Å². The topological polar surface area (TPSA) is 80.6 Å². The molecule has 2 aromatic rings. The van der Waals surface area contributed by atoms with Gasteiger partial charge >= 0.3 is 0 Å². The summed E-state index contributed by atoms with van der Waals surface area (Å²) in [5.41, 5.74) is 1.30. The van der Waals surface area contributed by atoms with Crippen LogP contribution in [0.15, 0.2) is 24.4 Å². The van der Waals surface area contributed by atoms with E-state index >= 15 is 0 Å². The van der Waals surface area contributed by atoms with Gasteiger partial charge in [0.05, 0.1) is 13.3 Å². The van der Waals surface area contributed by atoms with Crippen molar-refractivity contribution in [2.24, 2.45) is 0 Å². The Hall–Kier alpha value is -2.61. The van der Waals surface area contributed by atoms with E-state index in [2.05, 4.69) is 10.3 Å². The zero-order chi connectivity index (χ0) is 18.7. The van der Waals surface area contributed by atoms with Crippen LogP contribution < -0.4 is 4.74 Å². The monoisotopic (exact) mass is 377 g/mol. The number of hydrogen-bond donors (Lipinski definition) is 0. The molecule has 8 nitrogen and oxygen atoms in total. The predicted octanol–water partition coefficient (Wildman–Crippen LogP) is 1.30. The molecule has 0 saturated carbocycles. The lowest BCUT2D eigenvalue weighted by atomic mass is 10.1. The van der Waals surface area contributed by atoms with Gasteiger partial charge in [-0.1, -0.05) is 16.8 Å². The molecule has 1 aromatic heterocycles. The van der Waals surface area contributed by atoms with Crippen molar-refractivity contribution < 1.29 is 14.3 Å². The molecule has 26 heavy (non-hydrogen) atoms. The molecule has 0 unspecified atom stereocenters. The van der Waals surface area contributed by atoms with Crippen molar-refractivity contribution in [1.82, 2.24) is 24.8 Å². The normalized spacial score (nSPS) is 14.4. The quantitative estimate of drug-likeness (QED) is 0.802. The van der Waals surface area contributed by atoms with Gasteiger partial charge in [-0.2, -0.15) is 0 Å². The second kappa shape index (κ2) is 7.74. The van der Waals surface area contributed by atoms with Gasteiger partial charge in [-0.3, -0.25) is 9.59 Å². The van der Waals surface area contributed by atoms with Crippen LogP contribution in [0.2, 0.25) is 5.02 Å². The SMILES string of the molecule is COc1ccc(Cl)cc1-c1cn(CC(=O)N2CCN(C(C)=O)CC2)nn1. The number of rotatable bonds is 4. The molecule has 9 heteroatoms. The molecule has 1 saturated heterocycles. The average Bonchev–Trinajstić information content (AvgIpc) is 3.10. The van der Waals surface area contributed by atoms with Crippen LogP contribution in [0.3, 0.4) is 0 Å². The van der Waals surface area contributed by atoms with Crippen LogP contribution in [-0.2, 0) is 16.1 Å². The zero-order valence-corrected chi connectivity index (χ0v) is 15.4. The first-order chi connectivity index (χ1) is 12.5. The maximum absolute atomic E-state index is 12.5. The standard InChI is InChI=1S/C17H20ClN5O3/c1-12(24)21-5-7-22(8-6-21)17(25)11-23-10-15(19-20-23)14-9-13(18)3-4-16(14)26-2/h3-4,9-10H,5-8,11H2,1-2H3. The Morgan fingerprint density at radius 3 is 2.54 bits per heavy atom. The van der Waals surface area contributed by atoms with Crippen LogP contribution in [0.1, 0.15) is 6.92 Å². The summed E-state index contributed by atoms with van der Waals surface area (Å²) in [5, 5.41) is 8.72. The van der Waals surface area contributed by atoms with Gasteiger partial charge in [0.2, 0.25) is 11.8 Å². The van der Waals surface area contributed by atoms with Crippen molar-refractivity contribution in [2.45, 2.75) is 13.5 Å². The van der Waals surface area contributed by atoms with Gasteiger partial charge in [0, 0.05) is 43.7 Å². The van der Waals surface area contributed by atoms with E-state index in [4.69, 9.17) is 16.3 Å². The van der Waals surface area contributed by atoms with Gasteiger partial charge in [0.25, 0.3) is 0 Å². The number of carbonyl (C=O) groups excluding carboxylic acids is 2. The highest BCUT2D eigenvalue weighted by Crippen LogP contribution is 2.30. The number of nitrogens with zero attached hydrogens (tertiary/aromatic N) is 5. The molecular weight excluding hydrogens is 358 g/mol. The third-order valence-electron chi connectivity index (χ3n) is 4.35. The summed E-state index contributed by atoms with van der Waals surface area (Å²) in [6.45, 7) is 3.81. The largest absolute Gasteiger partial charge is 0.496 e. The van der Waals surface area contributed by atoms with Crippen LogP contribution in [-0.4, -0.2) is 69.9 Å². The maximum Gasteiger partial charge on any atom is 0.244 e. The van der Waals surface area contributed by atoms with Crippen LogP contribution >= 0.6 is 11.6 Å². The van der Waals surface area contributed by atoms with E-state index in [0.29, 0.717) is 48.2 Å². The van der Waals surface area contributed by atoms with Gasteiger partial charge in [0.15, 0.2) is 0 Å². The highest BCUT2D eigenvalue weighted by Gasteiger charge is 2.23. The van der Waals surface area contributed by atoms with E-state index in [-0.39, 0.29) is 18.4 Å². The van der Waals surface area contributed by atoms with E-state index in [0.717, 1.165) is 0 Å². The van der Waals surface area contributed by atoms with Gasteiger partial charge in [-0.05, 0) is 18.2 Å². The van der Waals surface area contributed by atoms with Crippen LogP contribution in [0.4, 0.5) is 0 Å². The summed E-state index contributed by atoms with van der Waals surface area (Å²) in [6.07, 6.45) is 1.69. The summed E-state index contributed by atoms with van der Waals surface area (Å²) in [4.78, 5) is 27.3. The molecule has 1 aliphatic heterocycles. The molecule has 3 rings (SSSR count). The zero-order valence-electron chi connectivity index (χ0n) is 14.7. The molecule has 0 N–H and O–H groups in total. The fraction of sp³-hybridized carbons (Fsp3) is 0.412. The van der Waals surface area contributed by atoms with E-state index < -0.39 is 0 Å². The van der Waals surface area contributed by atoms with Crippen molar-refractivity contribution in [3.05, 3.63) is 29.4 Å². The van der Waals surface area contributed by atoms with E-state index in [9.17, 15) is 9.59 Å². The molecule has 138 valence electrons. The smallest absolute Gasteiger partial charge is 0.244 e. The Bertz CT molecular complexity index is 814. The summed E-state index contributed by atoms with van der Waals surface area (Å²) in [5.74, 6) is 0.615. The predicted molar refractivity (Wildman–Crippen MR) is 95.9 cm³/mol. The third kappa shape index (κ3) is 3.96. The second-order valence-corrected chi connectivity index (χ2v) is 6.47. The molecule has 1 fully saturated rings.